The van der Waals surface area contributed by atoms with Gasteiger partial charge in [0, 0.05) is 31.9 Å². The first-order chi connectivity index (χ1) is 14.8. The minimum atomic E-state index is 0.416. The van der Waals surface area contributed by atoms with Gasteiger partial charge in [-0.15, -0.1) is 5.10 Å². The summed E-state index contributed by atoms with van der Waals surface area (Å²) in [5, 5.41) is 20.9. The highest BCUT2D eigenvalue weighted by Gasteiger charge is 2.20. The predicted octanol–water partition coefficient (Wildman–Crippen LogP) is 3.69. The van der Waals surface area contributed by atoms with Crippen molar-refractivity contribution in [3.63, 3.8) is 0 Å². The fraction of sp³-hybridized carbons (Fsp3) is 0.292. The quantitative estimate of drug-likeness (QED) is 0.653. The number of piperidine rings is 1. The number of nitrogens with one attached hydrogen (secondary N) is 1. The number of hydrogen-bond acceptors (Lipinski definition) is 6. The van der Waals surface area contributed by atoms with Crippen LogP contribution in [0.15, 0.2) is 66.9 Å². The number of rotatable bonds is 7. The molecule has 1 fully saturated rings. The van der Waals surface area contributed by atoms with Gasteiger partial charge in [0.25, 0.3) is 0 Å². The number of nitriles is 1. The van der Waals surface area contributed by atoms with Gasteiger partial charge in [0.05, 0.1) is 11.6 Å². The topological polar surface area (TPSA) is 74.1 Å². The van der Waals surface area contributed by atoms with E-state index in [0.717, 1.165) is 49.6 Å². The normalized spacial score (nSPS) is 16.1. The average Bonchev–Trinajstić information content (AvgIpc) is 2.82. The zero-order valence-corrected chi connectivity index (χ0v) is 16.9. The maximum Gasteiger partial charge on any atom is 0.151 e. The van der Waals surface area contributed by atoms with E-state index in [9.17, 15) is 0 Å². The van der Waals surface area contributed by atoms with E-state index >= 15 is 0 Å². The largest absolute Gasteiger partial charge is 0.489 e. The minimum Gasteiger partial charge on any atom is -0.489 e. The molecule has 1 aliphatic heterocycles. The smallest absolute Gasteiger partial charge is 0.151 e. The van der Waals surface area contributed by atoms with Crippen LogP contribution in [0.25, 0.3) is 0 Å². The molecule has 2 heterocycles. The summed E-state index contributed by atoms with van der Waals surface area (Å²) < 4.78 is 5.94. The van der Waals surface area contributed by atoms with E-state index in [4.69, 9.17) is 10.00 Å². The molecule has 0 radical (unpaired) electrons. The zero-order chi connectivity index (χ0) is 20.6. The van der Waals surface area contributed by atoms with Crippen LogP contribution < -0.4 is 15.0 Å². The molecule has 6 nitrogen and oxygen atoms in total. The van der Waals surface area contributed by atoms with Crippen molar-refractivity contribution in [1.29, 1.82) is 5.26 Å². The molecular weight excluding hydrogens is 374 g/mol. The summed E-state index contributed by atoms with van der Waals surface area (Å²) >= 11 is 0. The van der Waals surface area contributed by atoms with Crippen LogP contribution in [0.2, 0.25) is 0 Å². The van der Waals surface area contributed by atoms with Gasteiger partial charge < -0.3 is 15.0 Å². The van der Waals surface area contributed by atoms with Crippen molar-refractivity contribution in [2.45, 2.75) is 32.0 Å². The Kier molecular flexibility index (Phi) is 6.53. The maximum atomic E-state index is 9.02. The van der Waals surface area contributed by atoms with Crippen LogP contribution in [0.3, 0.4) is 0 Å². The Morgan fingerprint density at radius 1 is 1.10 bits per heavy atom. The Balaban J connectivity index is 1.30. The molecule has 2 aromatic carbocycles. The molecule has 1 aliphatic rings. The molecule has 0 bridgehead atoms. The van der Waals surface area contributed by atoms with Gasteiger partial charge in [-0.25, -0.2) is 0 Å². The Bertz CT molecular complexity index is 1000. The molecule has 6 heteroatoms. The monoisotopic (exact) mass is 399 g/mol. The van der Waals surface area contributed by atoms with Crippen LogP contribution in [0, 0.1) is 11.3 Å². The van der Waals surface area contributed by atoms with E-state index in [1.165, 1.54) is 5.56 Å². The van der Waals surface area contributed by atoms with Gasteiger partial charge in [0.1, 0.15) is 12.4 Å². The third-order valence-corrected chi connectivity index (χ3v) is 5.26. The summed E-state index contributed by atoms with van der Waals surface area (Å²) in [7, 11) is 0. The minimum absolute atomic E-state index is 0.416. The van der Waals surface area contributed by atoms with Crippen LogP contribution >= 0.6 is 0 Å². The molecule has 152 valence electrons. The first-order valence-corrected chi connectivity index (χ1v) is 10.3. The van der Waals surface area contributed by atoms with Gasteiger partial charge in [-0.3, -0.25) is 0 Å². The third-order valence-electron chi connectivity index (χ3n) is 5.26. The summed E-state index contributed by atoms with van der Waals surface area (Å²) in [5.41, 5.74) is 2.83. The molecule has 0 amide bonds. The number of ether oxygens (including phenoxy) is 1. The van der Waals surface area contributed by atoms with E-state index in [1.54, 1.807) is 12.3 Å². The van der Waals surface area contributed by atoms with Crippen molar-refractivity contribution in [2.24, 2.45) is 0 Å². The lowest BCUT2D eigenvalue weighted by molar-refractivity contribution is 0.305. The summed E-state index contributed by atoms with van der Waals surface area (Å²) in [6.45, 7) is 3.19. The van der Waals surface area contributed by atoms with Crippen LogP contribution in [0.1, 0.15) is 29.5 Å². The van der Waals surface area contributed by atoms with Crippen LogP contribution in [-0.2, 0) is 13.2 Å². The van der Waals surface area contributed by atoms with E-state index in [-0.39, 0.29) is 0 Å². The van der Waals surface area contributed by atoms with E-state index in [2.05, 4.69) is 38.6 Å². The SMILES string of the molecule is N#Cc1cccc(COc2cccc(CNC3CCCN(c4cccnn4)C3)c2)c1. The van der Waals surface area contributed by atoms with Gasteiger partial charge in [-0.1, -0.05) is 24.3 Å². The number of hydrogen-bond donors (Lipinski definition) is 1. The molecule has 1 atom stereocenters. The fourth-order valence-electron chi connectivity index (χ4n) is 3.72. The maximum absolute atomic E-state index is 9.02. The van der Waals surface area contributed by atoms with Crippen LogP contribution in [0.4, 0.5) is 5.82 Å². The standard InChI is InChI=1S/C24H25N5O/c25-15-19-5-1-7-21(13-19)18-30-23-9-2-6-20(14-23)16-26-22-8-4-12-29(17-22)24-10-3-11-27-28-24/h1-3,5-7,9-11,13-14,22,26H,4,8,12,16-18H2. The Morgan fingerprint density at radius 2 is 2.00 bits per heavy atom. The summed E-state index contributed by atoms with van der Waals surface area (Å²) in [4.78, 5) is 2.29. The van der Waals surface area contributed by atoms with Crippen molar-refractivity contribution in [3.8, 4) is 11.8 Å². The van der Waals surface area contributed by atoms with Crippen molar-refractivity contribution in [2.75, 3.05) is 18.0 Å². The zero-order valence-electron chi connectivity index (χ0n) is 16.9. The first kappa shape index (κ1) is 19.9. The van der Waals surface area contributed by atoms with Crippen molar-refractivity contribution < 1.29 is 4.74 Å². The first-order valence-electron chi connectivity index (χ1n) is 10.3. The third kappa shape index (κ3) is 5.34. The number of aromatic nitrogens is 2. The Labute approximate surface area is 177 Å². The fourth-order valence-corrected chi connectivity index (χ4v) is 3.72. The lowest BCUT2D eigenvalue weighted by atomic mass is 10.1. The Morgan fingerprint density at radius 3 is 2.87 bits per heavy atom. The average molecular weight is 399 g/mol. The van der Waals surface area contributed by atoms with Crippen LogP contribution in [0.5, 0.6) is 5.75 Å². The highest BCUT2D eigenvalue weighted by Crippen LogP contribution is 2.19. The highest BCUT2D eigenvalue weighted by molar-refractivity contribution is 5.37. The van der Waals surface area contributed by atoms with Crippen molar-refractivity contribution in [1.82, 2.24) is 15.5 Å². The molecule has 1 unspecified atom stereocenters. The molecule has 0 aliphatic carbocycles. The highest BCUT2D eigenvalue weighted by atomic mass is 16.5. The van der Waals surface area contributed by atoms with Crippen molar-refractivity contribution in [3.05, 3.63) is 83.6 Å². The molecule has 1 N–H and O–H groups in total. The second kappa shape index (κ2) is 9.86. The number of anilines is 1. The van der Waals surface area contributed by atoms with Gasteiger partial charge >= 0.3 is 0 Å². The van der Waals surface area contributed by atoms with Crippen LogP contribution in [-0.4, -0.2) is 29.3 Å². The van der Waals surface area contributed by atoms with E-state index in [0.29, 0.717) is 18.2 Å². The number of benzene rings is 2. The molecule has 0 saturated carbocycles. The Hall–Kier alpha value is -3.43. The van der Waals surface area contributed by atoms with Crippen molar-refractivity contribution >= 4 is 5.82 Å². The summed E-state index contributed by atoms with van der Waals surface area (Å²) in [5.74, 6) is 1.78. The van der Waals surface area contributed by atoms with Gasteiger partial charge in [0.15, 0.2) is 5.82 Å². The lowest BCUT2D eigenvalue weighted by Crippen LogP contribution is -2.45. The van der Waals surface area contributed by atoms with Gasteiger partial charge in [-0.05, 0) is 60.4 Å². The lowest BCUT2D eigenvalue weighted by Gasteiger charge is -2.33. The molecule has 4 rings (SSSR count). The second-order valence-electron chi connectivity index (χ2n) is 7.50. The molecule has 0 spiro atoms. The molecule has 1 saturated heterocycles. The predicted molar refractivity (Wildman–Crippen MR) is 116 cm³/mol. The molecule has 1 aromatic heterocycles. The molecular formula is C24H25N5O. The van der Waals surface area contributed by atoms with Gasteiger partial charge in [0.2, 0.25) is 0 Å². The summed E-state index contributed by atoms with van der Waals surface area (Å²) in [6.07, 6.45) is 4.00. The number of nitrogens with zero attached hydrogens (tertiary/aromatic N) is 4. The second-order valence-corrected chi connectivity index (χ2v) is 7.50. The van der Waals surface area contributed by atoms with Gasteiger partial charge in [-0.2, -0.15) is 10.4 Å². The molecule has 3 aromatic rings. The molecule has 30 heavy (non-hydrogen) atoms. The summed E-state index contributed by atoms with van der Waals surface area (Å²) in [6, 6.07) is 22.2. The van der Waals surface area contributed by atoms with E-state index in [1.807, 2.05) is 42.5 Å². The van der Waals surface area contributed by atoms with E-state index < -0.39 is 0 Å².